The molecule has 1 aromatic carbocycles. The zero-order valence-electron chi connectivity index (χ0n) is 10.2. The first-order valence-corrected chi connectivity index (χ1v) is 6.34. The normalized spacial score (nSPS) is 10.4. The SMILES string of the molecule is Cc1ncc(COc2cc(CO)ccc2[N+](=O)[O-])s1. The molecule has 7 heteroatoms. The van der Waals surface area contributed by atoms with Gasteiger partial charge < -0.3 is 9.84 Å². The van der Waals surface area contributed by atoms with Crippen LogP contribution in [0.2, 0.25) is 0 Å². The number of benzene rings is 1. The lowest BCUT2D eigenvalue weighted by Gasteiger charge is -2.06. The first kappa shape index (κ1) is 13.4. The van der Waals surface area contributed by atoms with E-state index in [0.29, 0.717) is 5.56 Å². The summed E-state index contributed by atoms with van der Waals surface area (Å²) in [5.41, 5.74) is 0.458. The average Bonchev–Trinajstić information content (AvgIpc) is 2.81. The Labute approximate surface area is 113 Å². The molecule has 0 atom stereocenters. The Morgan fingerprint density at radius 1 is 1.53 bits per heavy atom. The maximum atomic E-state index is 10.9. The zero-order chi connectivity index (χ0) is 13.8. The van der Waals surface area contributed by atoms with E-state index in [9.17, 15) is 10.1 Å². The molecule has 0 bridgehead atoms. The minimum Gasteiger partial charge on any atom is -0.481 e. The Morgan fingerprint density at radius 2 is 2.32 bits per heavy atom. The van der Waals surface area contributed by atoms with Crippen LogP contribution in [-0.2, 0) is 13.2 Å². The molecule has 2 rings (SSSR count). The summed E-state index contributed by atoms with van der Waals surface area (Å²) in [4.78, 5) is 15.4. The Bertz CT molecular complexity index is 597. The summed E-state index contributed by atoms with van der Waals surface area (Å²) in [6, 6.07) is 4.31. The molecule has 0 aliphatic rings. The second-order valence-corrected chi connectivity index (χ2v) is 5.17. The minimum absolute atomic E-state index is 0.113. The second-order valence-electron chi connectivity index (χ2n) is 3.85. The van der Waals surface area contributed by atoms with E-state index in [1.54, 1.807) is 6.20 Å². The third kappa shape index (κ3) is 3.27. The van der Waals surface area contributed by atoms with E-state index in [2.05, 4.69) is 4.98 Å². The molecule has 0 unspecified atom stereocenters. The number of rotatable bonds is 5. The first-order valence-electron chi connectivity index (χ1n) is 5.52. The molecular formula is C12H12N2O4S. The van der Waals surface area contributed by atoms with Crippen molar-refractivity contribution in [2.24, 2.45) is 0 Å². The van der Waals surface area contributed by atoms with Gasteiger partial charge in [-0.15, -0.1) is 11.3 Å². The van der Waals surface area contributed by atoms with Gasteiger partial charge in [-0.2, -0.15) is 0 Å². The number of nitro groups is 1. The quantitative estimate of drug-likeness (QED) is 0.671. The predicted molar refractivity (Wildman–Crippen MR) is 70.2 cm³/mol. The highest BCUT2D eigenvalue weighted by atomic mass is 32.1. The fourth-order valence-electron chi connectivity index (χ4n) is 1.54. The highest BCUT2D eigenvalue weighted by molar-refractivity contribution is 7.11. The molecule has 1 heterocycles. The van der Waals surface area contributed by atoms with E-state index in [-0.39, 0.29) is 24.7 Å². The number of aryl methyl sites for hydroxylation is 1. The molecule has 0 aliphatic heterocycles. The van der Waals surface area contributed by atoms with Gasteiger partial charge >= 0.3 is 5.69 Å². The maximum Gasteiger partial charge on any atom is 0.310 e. The summed E-state index contributed by atoms with van der Waals surface area (Å²) < 4.78 is 5.46. The van der Waals surface area contributed by atoms with Crippen LogP contribution < -0.4 is 4.74 Å². The van der Waals surface area contributed by atoms with Crippen LogP contribution in [0.15, 0.2) is 24.4 Å². The van der Waals surface area contributed by atoms with E-state index in [4.69, 9.17) is 9.84 Å². The van der Waals surface area contributed by atoms with Gasteiger partial charge in [0, 0.05) is 12.3 Å². The number of hydrogen-bond donors (Lipinski definition) is 1. The molecular weight excluding hydrogens is 268 g/mol. The predicted octanol–water partition coefficient (Wildman–Crippen LogP) is 2.43. The summed E-state index contributed by atoms with van der Waals surface area (Å²) in [5, 5.41) is 20.9. The second kappa shape index (κ2) is 5.77. The Kier molecular flexibility index (Phi) is 4.08. The molecule has 100 valence electrons. The smallest absolute Gasteiger partial charge is 0.310 e. The number of thiazole rings is 1. The molecule has 0 aliphatic carbocycles. The molecule has 0 radical (unpaired) electrons. The van der Waals surface area contributed by atoms with Crippen LogP contribution >= 0.6 is 11.3 Å². The summed E-state index contributed by atoms with van der Waals surface area (Å²) in [5.74, 6) is 0.155. The number of aliphatic hydroxyl groups excluding tert-OH is 1. The van der Waals surface area contributed by atoms with Gasteiger partial charge in [0.15, 0.2) is 5.75 Å². The highest BCUT2D eigenvalue weighted by Gasteiger charge is 2.16. The lowest BCUT2D eigenvalue weighted by molar-refractivity contribution is -0.386. The van der Waals surface area contributed by atoms with Crippen molar-refractivity contribution in [3.8, 4) is 5.75 Å². The fourth-order valence-corrected chi connectivity index (χ4v) is 2.25. The standard InChI is InChI=1S/C12H12N2O4S/c1-8-13-5-10(19-8)7-18-12-4-9(6-15)2-3-11(12)14(16)17/h2-5,15H,6-7H2,1H3. The van der Waals surface area contributed by atoms with Crippen molar-refractivity contribution in [1.29, 1.82) is 0 Å². The van der Waals surface area contributed by atoms with Gasteiger partial charge in [-0.3, -0.25) is 10.1 Å². The van der Waals surface area contributed by atoms with Crippen molar-refractivity contribution < 1.29 is 14.8 Å². The van der Waals surface area contributed by atoms with Gasteiger partial charge in [-0.25, -0.2) is 4.98 Å². The van der Waals surface area contributed by atoms with Gasteiger partial charge in [0.25, 0.3) is 0 Å². The third-order valence-corrected chi connectivity index (χ3v) is 3.33. The summed E-state index contributed by atoms with van der Waals surface area (Å²) in [7, 11) is 0. The number of aliphatic hydroxyl groups is 1. The number of nitrogens with zero attached hydrogens (tertiary/aromatic N) is 2. The number of hydrogen-bond acceptors (Lipinski definition) is 6. The highest BCUT2D eigenvalue weighted by Crippen LogP contribution is 2.29. The zero-order valence-corrected chi connectivity index (χ0v) is 11.0. The molecule has 1 aromatic heterocycles. The number of nitro benzene ring substituents is 1. The van der Waals surface area contributed by atoms with E-state index < -0.39 is 4.92 Å². The molecule has 6 nitrogen and oxygen atoms in total. The Balaban J connectivity index is 2.19. The van der Waals surface area contributed by atoms with Crippen molar-refractivity contribution in [3.63, 3.8) is 0 Å². The summed E-state index contributed by atoms with van der Waals surface area (Å²) >= 11 is 1.48. The van der Waals surface area contributed by atoms with Crippen LogP contribution in [0.25, 0.3) is 0 Å². The van der Waals surface area contributed by atoms with E-state index in [1.807, 2.05) is 6.92 Å². The summed E-state index contributed by atoms with van der Waals surface area (Å²) in [6.45, 7) is 1.91. The van der Waals surface area contributed by atoms with Crippen LogP contribution in [-0.4, -0.2) is 15.0 Å². The van der Waals surface area contributed by atoms with Crippen LogP contribution in [0.4, 0.5) is 5.69 Å². The lowest BCUT2D eigenvalue weighted by atomic mass is 10.2. The molecule has 0 saturated heterocycles. The van der Waals surface area contributed by atoms with Crippen molar-refractivity contribution in [3.05, 3.63) is 50.0 Å². The van der Waals surface area contributed by atoms with E-state index in [0.717, 1.165) is 9.88 Å². The van der Waals surface area contributed by atoms with E-state index >= 15 is 0 Å². The molecule has 2 aromatic rings. The van der Waals surface area contributed by atoms with Crippen molar-refractivity contribution >= 4 is 17.0 Å². The van der Waals surface area contributed by atoms with Crippen molar-refractivity contribution in [2.45, 2.75) is 20.1 Å². The first-order chi connectivity index (χ1) is 9.10. The van der Waals surface area contributed by atoms with Gasteiger partial charge in [-0.1, -0.05) is 0 Å². The number of ether oxygens (including phenoxy) is 1. The molecule has 1 N–H and O–H groups in total. The lowest BCUT2D eigenvalue weighted by Crippen LogP contribution is -1.99. The molecule has 0 fully saturated rings. The van der Waals surface area contributed by atoms with Gasteiger partial charge in [0.05, 0.1) is 21.4 Å². The van der Waals surface area contributed by atoms with Gasteiger partial charge in [-0.05, 0) is 24.6 Å². The van der Waals surface area contributed by atoms with Crippen LogP contribution in [0.3, 0.4) is 0 Å². The van der Waals surface area contributed by atoms with Crippen LogP contribution in [0.5, 0.6) is 5.75 Å². The summed E-state index contributed by atoms with van der Waals surface area (Å²) in [6.07, 6.45) is 1.68. The molecule has 19 heavy (non-hydrogen) atoms. The monoisotopic (exact) mass is 280 g/mol. The van der Waals surface area contributed by atoms with E-state index in [1.165, 1.54) is 29.5 Å². The van der Waals surface area contributed by atoms with Crippen LogP contribution in [0.1, 0.15) is 15.4 Å². The maximum absolute atomic E-state index is 10.9. The molecule has 0 saturated carbocycles. The van der Waals surface area contributed by atoms with Crippen molar-refractivity contribution in [2.75, 3.05) is 0 Å². The van der Waals surface area contributed by atoms with Crippen LogP contribution in [0, 0.1) is 17.0 Å². The number of aromatic nitrogens is 1. The molecule has 0 amide bonds. The Morgan fingerprint density at radius 3 is 2.89 bits per heavy atom. The van der Waals surface area contributed by atoms with Gasteiger partial charge in [0.1, 0.15) is 6.61 Å². The average molecular weight is 280 g/mol. The topological polar surface area (TPSA) is 85.5 Å². The van der Waals surface area contributed by atoms with Crippen molar-refractivity contribution in [1.82, 2.24) is 4.98 Å². The van der Waals surface area contributed by atoms with Gasteiger partial charge in [0.2, 0.25) is 0 Å². The fraction of sp³-hybridized carbons (Fsp3) is 0.250. The largest absolute Gasteiger partial charge is 0.481 e. The minimum atomic E-state index is -0.506. The molecule has 0 spiro atoms. The Hall–Kier alpha value is -1.99. The third-order valence-electron chi connectivity index (χ3n) is 2.44.